The van der Waals surface area contributed by atoms with Crippen molar-refractivity contribution >= 4 is 23.8 Å². The number of carbonyl (C=O) groups excluding carboxylic acids is 3. The molecule has 36 heavy (non-hydrogen) atoms. The summed E-state index contributed by atoms with van der Waals surface area (Å²) in [6.07, 6.45) is 0.156. The number of anilines is 1. The van der Waals surface area contributed by atoms with E-state index in [2.05, 4.69) is 10.6 Å². The molecule has 10 heteroatoms. The number of nitrogens with one attached hydrogen (secondary N) is 2. The monoisotopic (exact) mass is 494 g/mol. The number of nitrogens with zero attached hydrogens (tertiary/aromatic N) is 2. The molecule has 2 aliphatic heterocycles. The number of amides is 3. The molecule has 2 aromatic rings. The smallest absolute Gasteiger partial charge is 0.416 e. The zero-order valence-electron chi connectivity index (χ0n) is 20.7. The van der Waals surface area contributed by atoms with Crippen LogP contribution in [0.3, 0.4) is 0 Å². The summed E-state index contributed by atoms with van der Waals surface area (Å²) in [7, 11) is 0. The molecule has 2 unspecified atom stereocenters. The van der Waals surface area contributed by atoms with Crippen molar-refractivity contribution in [3.05, 3.63) is 48.3 Å². The number of hydrogen-bond acceptors (Lipinski definition) is 7. The Morgan fingerprint density at radius 3 is 2.33 bits per heavy atom. The minimum atomic E-state index is -0.666. The molecule has 0 radical (unpaired) electrons. The van der Waals surface area contributed by atoms with Crippen molar-refractivity contribution < 1.29 is 28.6 Å². The predicted molar refractivity (Wildman–Crippen MR) is 130 cm³/mol. The van der Waals surface area contributed by atoms with Crippen molar-refractivity contribution in [2.75, 3.05) is 24.7 Å². The molecule has 4 atom stereocenters. The van der Waals surface area contributed by atoms with Crippen molar-refractivity contribution in [2.24, 2.45) is 11.8 Å². The molecular formula is C26H30N4O6. The molecule has 2 saturated heterocycles. The highest BCUT2D eigenvalue weighted by molar-refractivity contribution is 5.90. The number of carbonyl (C=O) groups is 3. The first-order valence-corrected chi connectivity index (χ1v) is 12.0. The van der Waals surface area contributed by atoms with Crippen molar-refractivity contribution in [2.45, 2.75) is 45.1 Å². The van der Waals surface area contributed by atoms with Crippen LogP contribution in [0.25, 0.3) is 11.1 Å². The lowest BCUT2D eigenvalue weighted by molar-refractivity contribution is -0.121. The van der Waals surface area contributed by atoms with Crippen LogP contribution in [0.2, 0.25) is 0 Å². The van der Waals surface area contributed by atoms with Crippen LogP contribution in [-0.4, -0.2) is 54.7 Å². The quantitative estimate of drug-likeness (QED) is 0.655. The highest BCUT2D eigenvalue weighted by Crippen LogP contribution is 2.60. The first-order chi connectivity index (χ1) is 17.1. The van der Waals surface area contributed by atoms with Gasteiger partial charge >= 0.3 is 12.2 Å². The zero-order valence-corrected chi connectivity index (χ0v) is 20.7. The summed E-state index contributed by atoms with van der Waals surface area (Å²) in [6, 6.07) is 11.4. The van der Waals surface area contributed by atoms with Gasteiger partial charge in [-0.05, 0) is 44.5 Å². The zero-order chi connectivity index (χ0) is 25.7. The lowest BCUT2D eigenvalue weighted by Crippen LogP contribution is -2.43. The third-order valence-electron chi connectivity index (χ3n) is 6.72. The van der Waals surface area contributed by atoms with E-state index in [1.165, 1.54) is 11.8 Å². The highest BCUT2D eigenvalue weighted by Gasteiger charge is 2.70. The average molecular weight is 495 g/mol. The lowest BCUT2D eigenvalue weighted by atomic mass is 10.0. The summed E-state index contributed by atoms with van der Waals surface area (Å²) in [5.41, 5.74) is 2.12. The Kier molecular flexibility index (Phi) is 5.86. The molecule has 0 bridgehead atoms. The third kappa shape index (κ3) is 4.48. The van der Waals surface area contributed by atoms with Crippen LogP contribution in [0.5, 0.6) is 0 Å². The van der Waals surface area contributed by atoms with Crippen LogP contribution in [0.1, 0.15) is 33.4 Å². The minimum Gasteiger partial charge on any atom is -0.444 e. The molecule has 10 nitrogen and oxygen atoms in total. The molecule has 1 saturated carbocycles. The molecular weight excluding hydrogens is 464 g/mol. The van der Waals surface area contributed by atoms with Gasteiger partial charge in [-0.3, -0.25) is 14.7 Å². The fourth-order valence-electron chi connectivity index (χ4n) is 5.08. The summed E-state index contributed by atoms with van der Waals surface area (Å²) >= 11 is 0. The number of hydrogen-bond donors (Lipinski definition) is 2. The summed E-state index contributed by atoms with van der Waals surface area (Å²) < 4.78 is 16.3. The first-order valence-electron chi connectivity index (χ1n) is 12.0. The maximum absolute atomic E-state index is 12.6. The van der Waals surface area contributed by atoms with Gasteiger partial charge in [-0.25, -0.2) is 9.59 Å². The van der Waals surface area contributed by atoms with Crippen LogP contribution in [0.4, 0.5) is 15.3 Å². The second-order valence-electron chi connectivity index (χ2n) is 10.4. The van der Waals surface area contributed by atoms with Crippen molar-refractivity contribution in [3.63, 3.8) is 0 Å². The van der Waals surface area contributed by atoms with E-state index < -0.39 is 29.6 Å². The molecule has 190 valence electrons. The van der Waals surface area contributed by atoms with E-state index in [0.29, 0.717) is 18.9 Å². The topological polar surface area (TPSA) is 119 Å². The van der Waals surface area contributed by atoms with E-state index in [-0.39, 0.29) is 24.3 Å². The summed E-state index contributed by atoms with van der Waals surface area (Å²) in [5, 5.41) is 5.68. The summed E-state index contributed by atoms with van der Waals surface area (Å²) in [5.74, 6) is 0.0831. The normalized spacial score (nSPS) is 26.7. The maximum Gasteiger partial charge on any atom is 0.416 e. The number of rotatable bonds is 5. The van der Waals surface area contributed by atoms with E-state index in [1.54, 1.807) is 6.20 Å². The molecule has 2 N–H and O–H groups in total. The van der Waals surface area contributed by atoms with Crippen LogP contribution in [-0.2, 0) is 24.5 Å². The second kappa shape index (κ2) is 8.77. The van der Waals surface area contributed by atoms with E-state index in [4.69, 9.17) is 19.2 Å². The van der Waals surface area contributed by atoms with Gasteiger partial charge in [0.25, 0.3) is 0 Å². The van der Waals surface area contributed by atoms with Crippen molar-refractivity contribution in [3.8, 4) is 11.1 Å². The molecule has 0 spiro atoms. The molecule has 3 heterocycles. The van der Waals surface area contributed by atoms with E-state index in [0.717, 1.165) is 16.8 Å². The van der Waals surface area contributed by atoms with Crippen molar-refractivity contribution in [1.29, 1.82) is 0 Å². The maximum atomic E-state index is 12.6. The summed E-state index contributed by atoms with van der Waals surface area (Å²) in [4.78, 5) is 42.2. The predicted octanol–water partition coefficient (Wildman–Crippen LogP) is 3.16. The fraction of sp³-hybridized carbons (Fsp3) is 0.462. The van der Waals surface area contributed by atoms with Gasteiger partial charge in [-0.2, -0.15) is 0 Å². The number of fused-ring (bicyclic) bond motifs is 1. The Hall–Kier alpha value is -3.66. The third-order valence-corrected chi connectivity index (χ3v) is 6.72. The van der Waals surface area contributed by atoms with Gasteiger partial charge in [0, 0.05) is 36.2 Å². The molecule has 3 aliphatic rings. The van der Waals surface area contributed by atoms with E-state index in [1.807, 2.05) is 57.2 Å². The standard InChI is InChI=1S/C26H30N4O6/c1-15(31)28-22-12-30(24(33)35-22)18-8-5-16(6-9-18)17-7-10-21(27-11-17)26(19-13-34-14-20(19)26)29-23(32)36-25(2,3)4/h5-11,19-20,22H,12-14H2,1-4H3,(H,28,31)(H,29,32)/t19-,20+,22?,26?. The summed E-state index contributed by atoms with van der Waals surface area (Å²) in [6.45, 7) is 8.28. The van der Waals surface area contributed by atoms with Gasteiger partial charge in [0.05, 0.1) is 31.0 Å². The van der Waals surface area contributed by atoms with Crippen LogP contribution >= 0.6 is 0 Å². The lowest BCUT2D eigenvalue weighted by Gasteiger charge is -2.26. The second-order valence-corrected chi connectivity index (χ2v) is 10.4. The fourth-order valence-corrected chi connectivity index (χ4v) is 5.08. The molecule has 3 amide bonds. The number of aromatic nitrogens is 1. The highest BCUT2D eigenvalue weighted by atomic mass is 16.6. The van der Waals surface area contributed by atoms with Crippen LogP contribution < -0.4 is 15.5 Å². The molecule has 5 rings (SSSR count). The molecule has 3 fully saturated rings. The Morgan fingerprint density at radius 2 is 1.75 bits per heavy atom. The molecule has 1 aromatic carbocycles. The number of pyridine rings is 1. The number of benzene rings is 1. The molecule has 1 aromatic heterocycles. The molecule has 1 aliphatic carbocycles. The van der Waals surface area contributed by atoms with Gasteiger partial charge in [-0.1, -0.05) is 18.2 Å². The van der Waals surface area contributed by atoms with Crippen molar-refractivity contribution in [1.82, 2.24) is 15.6 Å². The Bertz CT molecular complexity index is 1160. The van der Waals surface area contributed by atoms with E-state index >= 15 is 0 Å². The Labute approximate surface area is 209 Å². The van der Waals surface area contributed by atoms with Gasteiger partial charge < -0.3 is 24.8 Å². The number of alkyl carbamates (subject to hydrolysis) is 1. The van der Waals surface area contributed by atoms with Crippen LogP contribution in [0.15, 0.2) is 42.6 Å². The average Bonchev–Trinajstić information content (AvgIpc) is 3.12. The largest absolute Gasteiger partial charge is 0.444 e. The van der Waals surface area contributed by atoms with Gasteiger partial charge in [0.2, 0.25) is 5.91 Å². The Balaban J connectivity index is 1.30. The minimum absolute atomic E-state index is 0.171. The Morgan fingerprint density at radius 1 is 1.08 bits per heavy atom. The van der Waals surface area contributed by atoms with Crippen LogP contribution in [0, 0.1) is 11.8 Å². The van der Waals surface area contributed by atoms with Gasteiger partial charge in [0.1, 0.15) is 5.60 Å². The SMILES string of the molecule is CC(=O)NC1CN(c2ccc(-c3ccc(C4(NC(=O)OC(C)(C)C)[C@@H]5COC[C@@H]54)nc3)cc2)C(=O)O1. The van der Waals surface area contributed by atoms with Gasteiger partial charge in [0.15, 0.2) is 6.23 Å². The number of ether oxygens (including phenoxy) is 3. The van der Waals surface area contributed by atoms with E-state index in [9.17, 15) is 14.4 Å². The van der Waals surface area contributed by atoms with Gasteiger partial charge in [-0.15, -0.1) is 0 Å². The number of cyclic esters (lactones) is 1. The first kappa shape index (κ1) is 24.1.